The van der Waals surface area contributed by atoms with E-state index >= 15 is 0 Å². The van der Waals surface area contributed by atoms with Gasteiger partial charge in [-0.2, -0.15) is 4.98 Å². The van der Waals surface area contributed by atoms with Crippen molar-refractivity contribution in [1.29, 1.82) is 0 Å². The molecule has 164 valence electrons. The summed E-state index contributed by atoms with van der Waals surface area (Å²) in [5.74, 6) is 1.94. The van der Waals surface area contributed by atoms with E-state index in [-0.39, 0.29) is 5.56 Å². The number of ether oxygens (including phenoxy) is 1. The van der Waals surface area contributed by atoms with E-state index in [1.165, 1.54) is 11.8 Å². The lowest BCUT2D eigenvalue weighted by atomic mass is 10.2. The Morgan fingerprint density at radius 3 is 2.55 bits per heavy atom. The maximum Gasteiger partial charge on any atom is 0.262 e. The number of aromatic nitrogens is 4. The molecule has 0 atom stereocenters. The third-order valence-corrected chi connectivity index (χ3v) is 6.11. The first-order chi connectivity index (χ1) is 16.2. The molecule has 5 aromatic rings. The molecule has 7 nitrogen and oxygen atoms in total. The average molecular weight is 457 g/mol. The fourth-order valence-electron chi connectivity index (χ4n) is 3.54. The van der Waals surface area contributed by atoms with Crippen molar-refractivity contribution in [2.45, 2.75) is 17.5 Å². The van der Waals surface area contributed by atoms with Crippen molar-refractivity contribution in [1.82, 2.24) is 19.7 Å². The van der Waals surface area contributed by atoms with Crippen LogP contribution in [0.2, 0.25) is 0 Å². The molecule has 0 unspecified atom stereocenters. The van der Waals surface area contributed by atoms with Crippen molar-refractivity contribution >= 4 is 22.7 Å². The van der Waals surface area contributed by atoms with Gasteiger partial charge in [0.25, 0.3) is 5.56 Å². The van der Waals surface area contributed by atoms with E-state index in [2.05, 4.69) is 10.1 Å². The van der Waals surface area contributed by atoms with Crippen LogP contribution in [0.3, 0.4) is 0 Å². The quantitative estimate of drug-likeness (QED) is 0.257. The van der Waals surface area contributed by atoms with E-state index < -0.39 is 0 Å². The molecule has 0 aliphatic heterocycles. The number of fused-ring (bicyclic) bond motifs is 1. The van der Waals surface area contributed by atoms with Crippen LogP contribution in [0.25, 0.3) is 22.3 Å². The summed E-state index contributed by atoms with van der Waals surface area (Å²) in [5, 5.41) is 5.29. The molecule has 2 heterocycles. The number of rotatable bonds is 7. The van der Waals surface area contributed by atoms with Gasteiger partial charge in [-0.05, 0) is 29.8 Å². The van der Waals surface area contributed by atoms with Crippen LogP contribution >= 0.6 is 11.8 Å². The maximum absolute atomic E-state index is 13.3. The molecular weight excluding hydrogens is 436 g/mol. The summed E-state index contributed by atoms with van der Waals surface area (Å²) in [6, 6.07) is 24.7. The Morgan fingerprint density at radius 2 is 1.70 bits per heavy atom. The first-order valence-corrected chi connectivity index (χ1v) is 11.3. The highest BCUT2D eigenvalue weighted by Gasteiger charge is 2.16. The van der Waals surface area contributed by atoms with E-state index in [4.69, 9.17) is 14.2 Å². The second-order valence-electron chi connectivity index (χ2n) is 7.29. The summed E-state index contributed by atoms with van der Waals surface area (Å²) in [6.45, 7) is 0.427. The smallest absolute Gasteiger partial charge is 0.262 e. The van der Waals surface area contributed by atoms with Crippen LogP contribution in [0.4, 0.5) is 0 Å². The van der Waals surface area contributed by atoms with Crippen LogP contribution < -0.4 is 10.3 Å². The first-order valence-electron chi connectivity index (χ1n) is 10.3. The molecule has 0 N–H and O–H groups in total. The van der Waals surface area contributed by atoms with Gasteiger partial charge < -0.3 is 9.26 Å². The molecule has 0 spiro atoms. The molecule has 0 bridgehead atoms. The lowest BCUT2D eigenvalue weighted by Gasteiger charge is -2.12. The van der Waals surface area contributed by atoms with Crippen molar-refractivity contribution in [3.8, 4) is 17.1 Å². The second kappa shape index (κ2) is 9.30. The number of hydrogen-bond acceptors (Lipinski definition) is 7. The van der Waals surface area contributed by atoms with Gasteiger partial charge in [-0.1, -0.05) is 71.5 Å². The minimum atomic E-state index is -0.0767. The zero-order valence-corrected chi connectivity index (χ0v) is 18.7. The third kappa shape index (κ3) is 4.38. The fourth-order valence-corrected chi connectivity index (χ4v) is 4.38. The van der Waals surface area contributed by atoms with Crippen LogP contribution in [0, 0.1) is 0 Å². The van der Waals surface area contributed by atoms with Gasteiger partial charge in [0.15, 0.2) is 5.16 Å². The van der Waals surface area contributed by atoms with E-state index in [0.717, 1.165) is 11.1 Å². The summed E-state index contributed by atoms with van der Waals surface area (Å²) in [5.41, 5.74) is 2.36. The number of methoxy groups -OCH3 is 1. The summed E-state index contributed by atoms with van der Waals surface area (Å²) in [4.78, 5) is 22.5. The molecule has 0 fully saturated rings. The van der Waals surface area contributed by atoms with Crippen LogP contribution in [0.15, 0.2) is 93.3 Å². The topological polar surface area (TPSA) is 83.0 Å². The third-order valence-electron chi connectivity index (χ3n) is 5.15. The highest BCUT2D eigenvalue weighted by molar-refractivity contribution is 7.98. The van der Waals surface area contributed by atoms with E-state index in [9.17, 15) is 4.79 Å². The zero-order chi connectivity index (χ0) is 22.6. The van der Waals surface area contributed by atoms with Crippen LogP contribution in [-0.4, -0.2) is 26.8 Å². The lowest BCUT2D eigenvalue weighted by molar-refractivity contribution is 0.390. The van der Waals surface area contributed by atoms with Gasteiger partial charge in [0.05, 0.1) is 35.9 Å². The Morgan fingerprint density at radius 1 is 0.939 bits per heavy atom. The predicted octanol–water partition coefficient (Wildman–Crippen LogP) is 4.80. The summed E-state index contributed by atoms with van der Waals surface area (Å²) < 4.78 is 12.5. The zero-order valence-electron chi connectivity index (χ0n) is 17.8. The normalized spacial score (nSPS) is 11.1. The van der Waals surface area contributed by atoms with Crippen molar-refractivity contribution in [2.24, 2.45) is 0 Å². The summed E-state index contributed by atoms with van der Waals surface area (Å²) in [7, 11) is 1.60. The van der Waals surface area contributed by atoms with Gasteiger partial charge >= 0.3 is 0 Å². The van der Waals surface area contributed by atoms with Crippen LogP contribution in [-0.2, 0) is 12.3 Å². The van der Waals surface area contributed by atoms with E-state index in [1.807, 2.05) is 72.8 Å². The fraction of sp³-hybridized carbons (Fsp3) is 0.120. The van der Waals surface area contributed by atoms with Gasteiger partial charge in [0, 0.05) is 0 Å². The number of thioether (sulfide) groups is 1. The SMILES string of the molecule is COc1ccccc1-c1noc(CSc2nc3ccccc3c(=O)n2Cc2ccccc2)n1. The van der Waals surface area contributed by atoms with Crippen molar-refractivity contribution in [3.63, 3.8) is 0 Å². The Bertz CT molecular complexity index is 1460. The molecule has 33 heavy (non-hydrogen) atoms. The largest absolute Gasteiger partial charge is 0.496 e. The monoisotopic (exact) mass is 456 g/mol. The van der Waals surface area contributed by atoms with Crippen molar-refractivity contribution in [2.75, 3.05) is 7.11 Å². The summed E-state index contributed by atoms with van der Waals surface area (Å²) in [6.07, 6.45) is 0. The van der Waals surface area contributed by atoms with Crippen LogP contribution in [0.5, 0.6) is 5.75 Å². The number of para-hydroxylation sites is 2. The molecule has 0 aliphatic rings. The Kier molecular flexibility index (Phi) is 5.91. The van der Waals surface area contributed by atoms with E-state index in [0.29, 0.717) is 45.8 Å². The lowest BCUT2D eigenvalue weighted by Crippen LogP contribution is -2.24. The van der Waals surface area contributed by atoms with Gasteiger partial charge in [-0.3, -0.25) is 9.36 Å². The molecule has 0 saturated carbocycles. The molecule has 3 aromatic carbocycles. The average Bonchev–Trinajstić information content (AvgIpc) is 3.34. The Balaban J connectivity index is 1.46. The number of nitrogens with zero attached hydrogens (tertiary/aromatic N) is 4. The Labute approximate surface area is 194 Å². The molecule has 5 rings (SSSR count). The van der Waals surface area contributed by atoms with Crippen molar-refractivity contribution < 1.29 is 9.26 Å². The molecule has 0 radical (unpaired) electrons. The molecule has 8 heteroatoms. The van der Waals surface area contributed by atoms with E-state index in [1.54, 1.807) is 17.7 Å². The second-order valence-corrected chi connectivity index (χ2v) is 8.23. The van der Waals surface area contributed by atoms with Gasteiger partial charge in [0.1, 0.15) is 5.75 Å². The van der Waals surface area contributed by atoms with Gasteiger partial charge in [0.2, 0.25) is 11.7 Å². The predicted molar refractivity (Wildman–Crippen MR) is 127 cm³/mol. The minimum Gasteiger partial charge on any atom is -0.496 e. The highest BCUT2D eigenvalue weighted by Crippen LogP contribution is 2.28. The molecular formula is C25H20N4O3S. The summed E-state index contributed by atoms with van der Waals surface area (Å²) >= 11 is 1.39. The highest BCUT2D eigenvalue weighted by atomic mass is 32.2. The minimum absolute atomic E-state index is 0.0767. The van der Waals surface area contributed by atoms with Crippen LogP contribution in [0.1, 0.15) is 11.5 Å². The van der Waals surface area contributed by atoms with Gasteiger partial charge in [-0.25, -0.2) is 4.98 Å². The molecule has 0 saturated heterocycles. The number of benzene rings is 3. The molecule has 0 amide bonds. The Hall–Kier alpha value is -3.91. The molecule has 2 aromatic heterocycles. The van der Waals surface area contributed by atoms with Crippen molar-refractivity contribution in [3.05, 3.63) is 101 Å². The maximum atomic E-state index is 13.3. The molecule has 0 aliphatic carbocycles. The number of hydrogen-bond donors (Lipinski definition) is 0. The first kappa shape index (κ1) is 21.0. The standard InChI is InChI=1S/C25H20N4O3S/c1-31-21-14-8-6-12-19(21)23-27-22(32-28-23)16-33-25-26-20-13-7-5-11-18(20)24(30)29(25)15-17-9-3-2-4-10-17/h2-14H,15-16H2,1H3. The van der Waals surface area contributed by atoms with Gasteiger partial charge in [-0.15, -0.1) is 0 Å².